The van der Waals surface area contributed by atoms with Crippen molar-refractivity contribution in [3.63, 3.8) is 0 Å². The molecule has 0 aliphatic carbocycles. The number of rotatable bonds is 3. The molecule has 0 saturated heterocycles. The number of fused-ring (bicyclic) bond motifs is 1. The molecule has 1 atom stereocenters. The Morgan fingerprint density at radius 1 is 1.47 bits per heavy atom. The fraction of sp³-hybridized carbons (Fsp3) is 0.455. The molecule has 0 spiro atoms. The van der Waals surface area contributed by atoms with Crippen LogP contribution in [-0.4, -0.2) is 26.7 Å². The molecule has 0 aliphatic rings. The van der Waals surface area contributed by atoms with E-state index in [2.05, 4.69) is 10.3 Å². The summed E-state index contributed by atoms with van der Waals surface area (Å²) >= 11 is 5.74. The van der Waals surface area contributed by atoms with Crippen molar-refractivity contribution in [1.82, 2.24) is 15.0 Å². The predicted octanol–water partition coefficient (Wildman–Crippen LogP) is 2.41. The lowest BCUT2D eigenvalue weighted by molar-refractivity contribution is 0.184. The first-order chi connectivity index (χ1) is 8.04. The first-order valence-corrected chi connectivity index (χ1v) is 5.73. The number of aliphatic hydroxyl groups excluding tert-OH is 1. The molecule has 1 aromatic carbocycles. The van der Waals surface area contributed by atoms with Gasteiger partial charge in [-0.2, -0.15) is 0 Å². The summed E-state index contributed by atoms with van der Waals surface area (Å²) < 4.78 is 14.8. The third-order valence-corrected chi connectivity index (χ3v) is 3.07. The summed E-state index contributed by atoms with van der Waals surface area (Å²) in [6, 6.07) is 2.54. The Morgan fingerprint density at radius 2 is 2.18 bits per heavy atom. The third-order valence-electron chi connectivity index (χ3n) is 2.78. The third kappa shape index (κ3) is 2.12. The molecule has 0 fully saturated rings. The van der Waals surface area contributed by atoms with E-state index >= 15 is 0 Å². The molecule has 1 aromatic heterocycles. The second-order valence-electron chi connectivity index (χ2n) is 4.28. The van der Waals surface area contributed by atoms with Gasteiger partial charge in [0.15, 0.2) is 0 Å². The van der Waals surface area contributed by atoms with E-state index in [1.165, 1.54) is 12.1 Å². The Hall–Kier alpha value is -1.20. The number of aliphatic hydroxyl groups is 1. The summed E-state index contributed by atoms with van der Waals surface area (Å²) in [5.74, 6) is -0.329. The van der Waals surface area contributed by atoms with Gasteiger partial charge >= 0.3 is 0 Å². The highest BCUT2D eigenvalue weighted by molar-refractivity contribution is 6.31. The first-order valence-electron chi connectivity index (χ1n) is 5.35. The van der Waals surface area contributed by atoms with Gasteiger partial charge in [-0.25, -0.2) is 9.07 Å². The Bertz CT molecular complexity index is 541. The van der Waals surface area contributed by atoms with Crippen LogP contribution >= 0.6 is 11.6 Å². The number of benzene rings is 1. The summed E-state index contributed by atoms with van der Waals surface area (Å²) in [7, 11) is 0. The van der Waals surface area contributed by atoms with Crippen LogP contribution in [-0.2, 0) is 0 Å². The standard InChI is InChI=1S/C11H13ClFN3O/c1-6(2)11(5-17)16-10-3-7(12)8(13)4-9(10)14-15-16/h3-4,6,11,17H,5H2,1-2H3. The van der Waals surface area contributed by atoms with E-state index in [0.717, 1.165) is 0 Å². The van der Waals surface area contributed by atoms with E-state index in [4.69, 9.17) is 11.6 Å². The van der Waals surface area contributed by atoms with Crippen molar-refractivity contribution in [2.75, 3.05) is 6.61 Å². The smallest absolute Gasteiger partial charge is 0.144 e. The predicted molar refractivity (Wildman–Crippen MR) is 63.5 cm³/mol. The Morgan fingerprint density at radius 3 is 2.76 bits per heavy atom. The van der Waals surface area contributed by atoms with E-state index in [0.29, 0.717) is 11.0 Å². The number of hydrogen-bond acceptors (Lipinski definition) is 3. The molecular weight excluding hydrogens is 245 g/mol. The zero-order valence-electron chi connectivity index (χ0n) is 9.56. The van der Waals surface area contributed by atoms with Gasteiger partial charge < -0.3 is 5.11 Å². The summed E-state index contributed by atoms with van der Waals surface area (Å²) in [6.45, 7) is 3.89. The van der Waals surface area contributed by atoms with Gasteiger partial charge in [0.05, 0.1) is 23.2 Å². The monoisotopic (exact) mass is 257 g/mol. The largest absolute Gasteiger partial charge is 0.394 e. The van der Waals surface area contributed by atoms with E-state index in [1.54, 1.807) is 4.68 Å². The van der Waals surface area contributed by atoms with E-state index in [1.807, 2.05) is 13.8 Å². The lowest BCUT2D eigenvalue weighted by atomic mass is 10.1. The maximum atomic E-state index is 13.2. The van der Waals surface area contributed by atoms with Crippen molar-refractivity contribution in [2.45, 2.75) is 19.9 Å². The number of halogens is 2. The normalized spacial score (nSPS) is 13.5. The van der Waals surface area contributed by atoms with Crippen LogP contribution in [0.4, 0.5) is 4.39 Å². The quantitative estimate of drug-likeness (QED) is 0.919. The second kappa shape index (κ2) is 4.58. The number of hydrogen-bond donors (Lipinski definition) is 1. The van der Waals surface area contributed by atoms with Gasteiger partial charge in [-0.1, -0.05) is 30.7 Å². The summed E-state index contributed by atoms with van der Waals surface area (Å²) in [5.41, 5.74) is 1.06. The van der Waals surface area contributed by atoms with E-state index < -0.39 is 5.82 Å². The molecule has 1 N–H and O–H groups in total. The molecule has 2 aromatic rings. The SMILES string of the molecule is CC(C)C(CO)n1nnc2cc(F)c(Cl)cc21. The summed E-state index contributed by atoms with van der Waals surface area (Å²) in [4.78, 5) is 0. The average molecular weight is 258 g/mol. The van der Waals surface area contributed by atoms with E-state index in [9.17, 15) is 9.50 Å². The summed E-state index contributed by atoms with van der Waals surface area (Å²) in [6.07, 6.45) is 0. The van der Waals surface area contributed by atoms with Crippen LogP contribution in [0, 0.1) is 11.7 Å². The van der Waals surface area contributed by atoms with Gasteiger partial charge in [0.25, 0.3) is 0 Å². The number of nitrogens with zero attached hydrogens (tertiary/aromatic N) is 3. The van der Waals surface area contributed by atoms with Gasteiger partial charge in [-0.15, -0.1) is 5.10 Å². The van der Waals surface area contributed by atoms with Crippen molar-refractivity contribution in [3.8, 4) is 0 Å². The molecule has 92 valence electrons. The molecule has 0 saturated carbocycles. The van der Waals surface area contributed by atoms with Crippen molar-refractivity contribution in [1.29, 1.82) is 0 Å². The Labute approximate surface area is 103 Å². The van der Waals surface area contributed by atoms with Gasteiger partial charge in [0, 0.05) is 6.07 Å². The van der Waals surface area contributed by atoms with Crippen LogP contribution in [0.1, 0.15) is 19.9 Å². The molecule has 0 aliphatic heterocycles. The minimum atomic E-state index is -0.517. The highest BCUT2D eigenvalue weighted by atomic mass is 35.5. The molecule has 1 heterocycles. The van der Waals surface area contributed by atoms with Gasteiger partial charge in [0.2, 0.25) is 0 Å². The first kappa shape index (κ1) is 12.3. The van der Waals surface area contributed by atoms with Gasteiger partial charge in [-0.3, -0.25) is 0 Å². The van der Waals surface area contributed by atoms with Crippen LogP contribution in [0.15, 0.2) is 12.1 Å². The van der Waals surface area contributed by atoms with Crippen molar-refractivity contribution >= 4 is 22.6 Å². The lowest BCUT2D eigenvalue weighted by Crippen LogP contribution is -2.20. The maximum absolute atomic E-state index is 13.2. The maximum Gasteiger partial charge on any atom is 0.144 e. The fourth-order valence-corrected chi connectivity index (χ4v) is 1.91. The van der Waals surface area contributed by atoms with Crippen LogP contribution in [0.3, 0.4) is 0 Å². The molecule has 0 amide bonds. The lowest BCUT2D eigenvalue weighted by Gasteiger charge is -2.18. The van der Waals surface area contributed by atoms with Gasteiger partial charge in [0.1, 0.15) is 11.3 Å². The molecule has 1 unspecified atom stereocenters. The fourth-order valence-electron chi connectivity index (χ4n) is 1.75. The van der Waals surface area contributed by atoms with Crippen LogP contribution in [0.5, 0.6) is 0 Å². The topological polar surface area (TPSA) is 50.9 Å². The number of aromatic nitrogens is 3. The molecule has 17 heavy (non-hydrogen) atoms. The van der Waals surface area contributed by atoms with E-state index in [-0.39, 0.29) is 23.6 Å². The van der Waals surface area contributed by atoms with Crippen LogP contribution < -0.4 is 0 Å². The minimum absolute atomic E-state index is 0.0292. The molecular formula is C11H13ClFN3O. The highest BCUT2D eigenvalue weighted by Gasteiger charge is 2.19. The molecule has 4 nitrogen and oxygen atoms in total. The molecule has 2 rings (SSSR count). The minimum Gasteiger partial charge on any atom is -0.394 e. The van der Waals surface area contributed by atoms with Crippen molar-refractivity contribution in [3.05, 3.63) is 23.0 Å². The molecule has 0 radical (unpaired) electrons. The van der Waals surface area contributed by atoms with Crippen LogP contribution in [0.25, 0.3) is 11.0 Å². The molecule has 6 heteroatoms. The van der Waals surface area contributed by atoms with Crippen LogP contribution in [0.2, 0.25) is 5.02 Å². The van der Waals surface area contributed by atoms with Crippen molar-refractivity contribution in [2.24, 2.45) is 5.92 Å². The summed E-state index contributed by atoms with van der Waals surface area (Å²) in [5, 5.41) is 17.2. The van der Waals surface area contributed by atoms with Crippen molar-refractivity contribution < 1.29 is 9.50 Å². The van der Waals surface area contributed by atoms with Gasteiger partial charge in [-0.05, 0) is 12.0 Å². The average Bonchev–Trinajstić information content (AvgIpc) is 2.63. The Balaban J connectivity index is 2.59. The Kier molecular flexibility index (Phi) is 3.31. The second-order valence-corrected chi connectivity index (χ2v) is 4.69. The molecule has 0 bridgehead atoms. The zero-order chi connectivity index (χ0) is 12.6. The highest BCUT2D eigenvalue weighted by Crippen LogP contribution is 2.25. The zero-order valence-corrected chi connectivity index (χ0v) is 10.3.